The van der Waals surface area contributed by atoms with E-state index in [-0.39, 0.29) is 17.1 Å². The fourth-order valence-electron chi connectivity index (χ4n) is 2.11. The molecule has 0 aliphatic carbocycles. The Morgan fingerprint density at radius 3 is 2.62 bits per heavy atom. The van der Waals surface area contributed by atoms with Gasteiger partial charge in [0.1, 0.15) is 17.3 Å². The quantitative estimate of drug-likeness (QED) is 0.879. The molecule has 0 bridgehead atoms. The summed E-state index contributed by atoms with van der Waals surface area (Å²) < 4.78 is 24.2. The Kier molecular flexibility index (Phi) is 5.87. The van der Waals surface area contributed by atoms with Gasteiger partial charge in [-0.15, -0.1) is 0 Å². The molecule has 0 fully saturated rings. The van der Waals surface area contributed by atoms with Gasteiger partial charge in [-0.2, -0.15) is 0 Å². The lowest BCUT2D eigenvalue weighted by molar-refractivity contribution is 0.220. The average Bonchev–Trinajstić information content (AvgIpc) is 2.57. The minimum Gasteiger partial charge on any atom is -0.497 e. The molecule has 0 unspecified atom stereocenters. The van der Waals surface area contributed by atoms with Crippen LogP contribution in [-0.2, 0) is 6.54 Å². The second kappa shape index (κ2) is 7.88. The summed E-state index contributed by atoms with van der Waals surface area (Å²) in [6.45, 7) is 0.0314. The zero-order valence-electron chi connectivity index (χ0n) is 13.6. The molecule has 24 heavy (non-hydrogen) atoms. The van der Waals surface area contributed by atoms with E-state index in [1.807, 2.05) is 0 Å². The fourth-order valence-corrected chi connectivity index (χ4v) is 2.34. The van der Waals surface area contributed by atoms with Crippen molar-refractivity contribution in [2.24, 2.45) is 0 Å². The number of methoxy groups -OCH3 is 2. The van der Waals surface area contributed by atoms with Crippen LogP contribution in [0.1, 0.15) is 5.56 Å². The van der Waals surface area contributed by atoms with E-state index < -0.39 is 11.8 Å². The Morgan fingerprint density at radius 2 is 2.00 bits per heavy atom. The van der Waals surface area contributed by atoms with Crippen molar-refractivity contribution in [3.8, 4) is 11.5 Å². The lowest BCUT2D eigenvalue weighted by Crippen LogP contribution is -2.31. The molecule has 128 valence electrons. The van der Waals surface area contributed by atoms with Crippen molar-refractivity contribution in [1.29, 1.82) is 0 Å². The first-order chi connectivity index (χ1) is 11.5. The minimum absolute atomic E-state index is 0.0314. The summed E-state index contributed by atoms with van der Waals surface area (Å²) in [5.41, 5.74) is 0.711. The molecule has 0 saturated carbocycles. The number of hydrogen-bond donors (Lipinski definition) is 1. The van der Waals surface area contributed by atoms with E-state index in [1.165, 1.54) is 31.3 Å². The average molecular weight is 353 g/mol. The van der Waals surface area contributed by atoms with E-state index in [4.69, 9.17) is 21.1 Å². The van der Waals surface area contributed by atoms with Gasteiger partial charge >= 0.3 is 6.03 Å². The zero-order chi connectivity index (χ0) is 17.7. The van der Waals surface area contributed by atoms with Gasteiger partial charge in [0.2, 0.25) is 0 Å². The number of ether oxygens (including phenoxy) is 2. The molecule has 1 N–H and O–H groups in total. The fraction of sp³-hybridized carbons (Fsp3) is 0.235. The first kappa shape index (κ1) is 17.9. The predicted octanol–water partition coefficient (Wildman–Crippen LogP) is 4.16. The number of nitrogens with one attached hydrogen (secondary N) is 1. The molecule has 2 amide bonds. The van der Waals surface area contributed by atoms with Crippen molar-refractivity contribution < 1.29 is 18.7 Å². The van der Waals surface area contributed by atoms with Gasteiger partial charge in [0.15, 0.2) is 0 Å². The maximum absolute atomic E-state index is 13.8. The standard InChI is InChI=1S/C17H18ClFN2O3/c1-21(10-12-13(18)5-4-6-14(12)19)17(22)20-15-9-11(23-2)7-8-16(15)24-3/h4-9H,10H2,1-3H3,(H,20,22). The second-order valence-electron chi connectivity index (χ2n) is 5.05. The summed E-state index contributed by atoms with van der Waals surface area (Å²) in [7, 11) is 4.57. The molecule has 0 saturated heterocycles. The molecule has 0 heterocycles. The van der Waals surface area contributed by atoms with Gasteiger partial charge in [0, 0.05) is 23.7 Å². The number of amides is 2. The van der Waals surface area contributed by atoms with Crippen LogP contribution in [-0.4, -0.2) is 32.2 Å². The third kappa shape index (κ3) is 4.08. The Hall–Kier alpha value is -2.47. The molecular formula is C17H18ClFN2O3. The number of hydrogen-bond acceptors (Lipinski definition) is 3. The first-order valence-electron chi connectivity index (χ1n) is 7.13. The summed E-state index contributed by atoms with van der Waals surface area (Å²) in [5, 5.41) is 2.98. The van der Waals surface area contributed by atoms with Gasteiger partial charge in [0.25, 0.3) is 0 Å². The molecule has 0 aromatic heterocycles. The first-order valence-corrected chi connectivity index (χ1v) is 7.51. The number of halogens is 2. The number of rotatable bonds is 5. The highest BCUT2D eigenvalue weighted by molar-refractivity contribution is 6.31. The molecule has 2 aromatic carbocycles. The number of benzene rings is 2. The third-order valence-electron chi connectivity index (χ3n) is 3.45. The SMILES string of the molecule is COc1ccc(OC)c(NC(=O)N(C)Cc2c(F)cccc2Cl)c1. The van der Waals surface area contributed by atoms with Gasteiger partial charge in [-0.05, 0) is 24.3 Å². The van der Waals surface area contributed by atoms with Crippen molar-refractivity contribution in [2.75, 3.05) is 26.6 Å². The summed E-state index contributed by atoms with van der Waals surface area (Å²) >= 11 is 5.99. The van der Waals surface area contributed by atoms with E-state index in [2.05, 4.69) is 5.32 Å². The van der Waals surface area contributed by atoms with Crippen molar-refractivity contribution in [3.05, 3.63) is 52.8 Å². The van der Waals surface area contributed by atoms with Gasteiger partial charge in [0.05, 0.1) is 26.5 Å². The van der Waals surface area contributed by atoms with Crippen molar-refractivity contribution in [2.45, 2.75) is 6.54 Å². The topological polar surface area (TPSA) is 50.8 Å². The van der Waals surface area contributed by atoms with E-state index >= 15 is 0 Å². The number of carbonyl (C=O) groups is 1. The van der Waals surface area contributed by atoms with Crippen LogP contribution < -0.4 is 14.8 Å². The van der Waals surface area contributed by atoms with E-state index in [1.54, 1.807) is 31.3 Å². The van der Waals surface area contributed by atoms with E-state index in [0.29, 0.717) is 17.2 Å². The Bertz CT molecular complexity index is 720. The maximum atomic E-state index is 13.8. The van der Waals surface area contributed by atoms with Crippen LogP contribution in [0.25, 0.3) is 0 Å². The zero-order valence-corrected chi connectivity index (χ0v) is 14.4. The lowest BCUT2D eigenvalue weighted by Gasteiger charge is -2.20. The van der Waals surface area contributed by atoms with Crippen LogP contribution >= 0.6 is 11.6 Å². The monoisotopic (exact) mass is 352 g/mol. The number of carbonyl (C=O) groups excluding carboxylic acids is 1. The van der Waals surface area contributed by atoms with Crippen molar-refractivity contribution in [1.82, 2.24) is 4.90 Å². The largest absolute Gasteiger partial charge is 0.497 e. The molecule has 0 spiro atoms. The normalized spacial score (nSPS) is 10.2. The Labute approximate surface area is 144 Å². The highest BCUT2D eigenvalue weighted by Crippen LogP contribution is 2.29. The van der Waals surface area contributed by atoms with Gasteiger partial charge in [-0.1, -0.05) is 17.7 Å². The molecule has 5 nitrogen and oxygen atoms in total. The molecule has 0 radical (unpaired) electrons. The second-order valence-corrected chi connectivity index (χ2v) is 5.46. The lowest BCUT2D eigenvalue weighted by atomic mass is 10.2. The molecule has 0 atom stereocenters. The number of anilines is 1. The summed E-state index contributed by atoms with van der Waals surface area (Å²) in [6, 6.07) is 9.01. The summed E-state index contributed by atoms with van der Waals surface area (Å²) in [5.74, 6) is 0.605. The van der Waals surface area contributed by atoms with Gasteiger partial charge in [-0.3, -0.25) is 0 Å². The van der Waals surface area contributed by atoms with Gasteiger partial charge < -0.3 is 19.7 Å². The number of nitrogens with zero attached hydrogens (tertiary/aromatic N) is 1. The van der Waals surface area contributed by atoms with Crippen LogP contribution in [0.3, 0.4) is 0 Å². The third-order valence-corrected chi connectivity index (χ3v) is 3.81. The van der Waals surface area contributed by atoms with Crippen molar-refractivity contribution >= 4 is 23.3 Å². The van der Waals surface area contributed by atoms with Crippen LogP contribution in [0, 0.1) is 5.82 Å². The molecule has 0 aliphatic heterocycles. The highest BCUT2D eigenvalue weighted by atomic mass is 35.5. The molecular weight excluding hydrogens is 335 g/mol. The molecule has 2 rings (SSSR count). The predicted molar refractivity (Wildman–Crippen MR) is 91.4 cm³/mol. The molecule has 7 heteroatoms. The van der Waals surface area contributed by atoms with Crippen LogP contribution in [0.2, 0.25) is 5.02 Å². The van der Waals surface area contributed by atoms with E-state index in [9.17, 15) is 9.18 Å². The maximum Gasteiger partial charge on any atom is 0.321 e. The number of urea groups is 1. The molecule has 2 aromatic rings. The van der Waals surface area contributed by atoms with Crippen LogP contribution in [0.5, 0.6) is 11.5 Å². The van der Waals surface area contributed by atoms with Crippen LogP contribution in [0.4, 0.5) is 14.9 Å². The van der Waals surface area contributed by atoms with Crippen molar-refractivity contribution in [3.63, 3.8) is 0 Å². The minimum atomic E-state index is -0.457. The van der Waals surface area contributed by atoms with Gasteiger partial charge in [-0.25, -0.2) is 9.18 Å². The summed E-state index contributed by atoms with van der Waals surface area (Å²) in [4.78, 5) is 13.7. The highest BCUT2D eigenvalue weighted by Gasteiger charge is 2.16. The van der Waals surface area contributed by atoms with E-state index in [0.717, 1.165) is 0 Å². The summed E-state index contributed by atoms with van der Waals surface area (Å²) in [6.07, 6.45) is 0. The molecule has 0 aliphatic rings. The Balaban J connectivity index is 2.15. The van der Waals surface area contributed by atoms with Crippen LogP contribution in [0.15, 0.2) is 36.4 Å². The Morgan fingerprint density at radius 1 is 1.25 bits per heavy atom. The smallest absolute Gasteiger partial charge is 0.321 e.